The van der Waals surface area contributed by atoms with Crippen molar-refractivity contribution in [2.75, 3.05) is 4.72 Å². The second kappa shape index (κ2) is 5.36. The molecule has 0 fully saturated rings. The molecule has 0 saturated carbocycles. The van der Waals surface area contributed by atoms with Gasteiger partial charge in [-0.3, -0.25) is 4.72 Å². The summed E-state index contributed by atoms with van der Waals surface area (Å²) in [5.74, 6) is -1.31. The molecule has 19 heavy (non-hydrogen) atoms. The lowest BCUT2D eigenvalue weighted by Crippen LogP contribution is -2.43. The van der Waals surface area contributed by atoms with E-state index in [-0.39, 0.29) is 16.3 Å². The fourth-order valence-electron chi connectivity index (χ4n) is 1.40. The van der Waals surface area contributed by atoms with Gasteiger partial charge in [0.2, 0.25) is 0 Å². The Morgan fingerprint density at radius 3 is 2.37 bits per heavy atom. The smallest absolute Gasteiger partial charge is 0.339 e. The van der Waals surface area contributed by atoms with Crippen molar-refractivity contribution in [2.45, 2.75) is 26.3 Å². The maximum Gasteiger partial charge on any atom is 0.339 e. The van der Waals surface area contributed by atoms with Crippen molar-refractivity contribution in [3.63, 3.8) is 0 Å². The number of halogens is 1. The molecular formula is C11H15ClN2O4S. The third-order valence-corrected chi connectivity index (χ3v) is 3.60. The van der Waals surface area contributed by atoms with Gasteiger partial charge >= 0.3 is 5.97 Å². The molecule has 0 aliphatic heterocycles. The zero-order valence-corrected chi connectivity index (χ0v) is 12.3. The molecule has 0 aliphatic carbocycles. The number of anilines is 1. The van der Waals surface area contributed by atoms with E-state index in [2.05, 4.69) is 9.44 Å². The standard InChI is InChI=1S/C11H15ClN2O4S/c1-11(2,3)14-19(17,18)13-8-6-4-5-7(12)9(8)10(15)16/h4-6,13-14H,1-3H3,(H,15,16). The summed E-state index contributed by atoms with van der Waals surface area (Å²) in [6.07, 6.45) is 0. The minimum absolute atomic E-state index is 0.0385. The average Bonchev–Trinajstić information content (AvgIpc) is 2.11. The Labute approximate surface area is 117 Å². The van der Waals surface area contributed by atoms with Crippen LogP contribution in [0.25, 0.3) is 0 Å². The van der Waals surface area contributed by atoms with Gasteiger partial charge in [0.15, 0.2) is 0 Å². The predicted octanol–water partition coefficient (Wildman–Crippen LogP) is 2.08. The maximum atomic E-state index is 11.8. The molecule has 6 nitrogen and oxygen atoms in total. The second-order valence-electron chi connectivity index (χ2n) is 4.93. The van der Waals surface area contributed by atoms with Crippen LogP contribution >= 0.6 is 11.6 Å². The molecular weight excluding hydrogens is 292 g/mol. The number of hydrogen-bond donors (Lipinski definition) is 3. The third-order valence-electron chi connectivity index (χ3n) is 1.91. The molecule has 0 aromatic heterocycles. The number of benzene rings is 1. The van der Waals surface area contributed by atoms with Crippen LogP contribution in [0.1, 0.15) is 31.1 Å². The fraction of sp³-hybridized carbons (Fsp3) is 0.364. The summed E-state index contributed by atoms with van der Waals surface area (Å²) >= 11 is 5.75. The Morgan fingerprint density at radius 1 is 1.32 bits per heavy atom. The monoisotopic (exact) mass is 306 g/mol. The lowest BCUT2D eigenvalue weighted by molar-refractivity contribution is 0.0698. The Bertz CT molecular complexity index is 593. The van der Waals surface area contributed by atoms with Gasteiger partial charge in [0, 0.05) is 5.54 Å². The lowest BCUT2D eigenvalue weighted by atomic mass is 10.1. The maximum absolute atomic E-state index is 11.8. The van der Waals surface area contributed by atoms with Crippen molar-refractivity contribution < 1.29 is 18.3 Å². The average molecular weight is 307 g/mol. The van der Waals surface area contributed by atoms with Crippen LogP contribution in [0.4, 0.5) is 5.69 Å². The van der Waals surface area contributed by atoms with E-state index in [0.717, 1.165) is 0 Å². The highest BCUT2D eigenvalue weighted by Crippen LogP contribution is 2.25. The van der Waals surface area contributed by atoms with Gasteiger partial charge in [-0.05, 0) is 32.9 Å². The highest BCUT2D eigenvalue weighted by molar-refractivity contribution is 7.90. The zero-order chi connectivity index (χ0) is 14.8. The van der Waals surface area contributed by atoms with Crippen molar-refractivity contribution in [1.82, 2.24) is 4.72 Å². The minimum atomic E-state index is -3.89. The van der Waals surface area contributed by atoms with Gasteiger partial charge in [0.25, 0.3) is 10.2 Å². The Balaban J connectivity index is 3.14. The highest BCUT2D eigenvalue weighted by Gasteiger charge is 2.23. The quantitative estimate of drug-likeness (QED) is 0.793. The molecule has 0 aliphatic rings. The molecule has 3 N–H and O–H groups in total. The normalized spacial score (nSPS) is 12.2. The van der Waals surface area contributed by atoms with Gasteiger partial charge in [0.05, 0.1) is 10.7 Å². The number of nitrogens with one attached hydrogen (secondary N) is 2. The molecule has 0 spiro atoms. The molecule has 1 aromatic carbocycles. The van der Waals surface area contributed by atoms with E-state index >= 15 is 0 Å². The summed E-state index contributed by atoms with van der Waals surface area (Å²) in [7, 11) is -3.89. The molecule has 0 bridgehead atoms. The van der Waals surface area contributed by atoms with Crippen LogP contribution in [0.5, 0.6) is 0 Å². The summed E-state index contributed by atoms with van der Waals surface area (Å²) in [4.78, 5) is 11.1. The molecule has 0 heterocycles. The van der Waals surface area contributed by atoms with Crippen LogP contribution in [0.3, 0.4) is 0 Å². The van der Waals surface area contributed by atoms with Crippen LogP contribution in [-0.4, -0.2) is 25.0 Å². The number of carbonyl (C=O) groups is 1. The molecule has 8 heteroatoms. The van der Waals surface area contributed by atoms with E-state index < -0.39 is 21.7 Å². The van der Waals surface area contributed by atoms with Crippen LogP contribution in [0.2, 0.25) is 5.02 Å². The molecule has 0 radical (unpaired) electrons. The number of hydrogen-bond acceptors (Lipinski definition) is 3. The SMILES string of the molecule is CC(C)(C)NS(=O)(=O)Nc1cccc(Cl)c1C(=O)O. The number of aromatic carboxylic acids is 1. The van der Waals surface area contributed by atoms with E-state index in [0.29, 0.717) is 0 Å². The molecule has 106 valence electrons. The molecule has 1 rings (SSSR count). The predicted molar refractivity (Wildman–Crippen MR) is 73.8 cm³/mol. The van der Waals surface area contributed by atoms with Gasteiger partial charge in [0.1, 0.15) is 5.56 Å². The summed E-state index contributed by atoms with van der Waals surface area (Å²) in [5, 5.41) is 9.00. The third kappa shape index (κ3) is 4.70. The van der Waals surface area contributed by atoms with E-state index in [1.807, 2.05) is 0 Å². The van der Waals surface area contributed by atoms with E-state index in [4.69, 9.17) is 16.7 Å². The van der Waals surface area contributed by atoms with Gasteiger partial charge in [-0.1, -0.05) is 17.7 Å². The first-order valence-corrected chi connectivity index (χ1v) is 7.21. The first kappa shape index (κ1) is 15.7. The van der Waals surface area contributed by atoms with E-state index in [9.17, 15) is 13.2 Å². The van der Waals surface area contributed by atoms with Gasteiger partial charge < -0.3 is 5.11 Å². The zero-order valence-electron chi connectivity index (χ0n) is 10.7. The van der Waals surface area contributed by atoms with Crippen molar-refractivity contribution in [1.29, 1.82) is 0 Å². The minimum Gasteiger partial charge on any atom is -0.478 e. The molecule has 0 amide bonds. The first-order chi connectivity index (χ1) is 8.52. The number of carboxylic acid groups (broad SMARTS) is 1. The Morgan fingerprint density at radius 2 is 1.89 bits per heavy atom. The summed E-state index contributed by atoms with van der Waals surface area (Å²) in [6.45, 7) is 5.01. The van der Waals surface area contributed by atoms with Crippen LogP contribution in [0, 0.1) is 0 Å². The number of carboxylic acids is 1. The van der Waals surface area contributed by atoms with Crippen LogP contribution < -0.4 is 9.44 Å². The number of rotatable bonds is 4. The lowest BCUT2D eigenvalue weighted by Gasteiger charge is -2.21. The molecule has 1 aromatic rings. The largest absolute Gasteiger partial charge is 0.478 e. The summed E-state index contributed by atoms with van der Waals surface area (Å²) in [6, 6.07) is 4.17. The Hall–Kier alpha value is -1.31. The van der Waals surface area contributed by atoms with E-state index in [1.165, 1.54) is 18.2 Å². The topological polar surface area (TPSA) is 95.5 Å². The fourth-order valence-corrected chi connectivity index (χ4v) is 2.97. The van der Waals surface area contributed by atoms with Gasteiger partial charge in [-0.15, -0.1) is 0 Å². The van der Waals surface area contributed by atoms with Crippen molar-refractivity contribution in [3.8, 4) is 0 Å². The van der Waals surface area contributed by atoms with Gasteiger partial charge in [-0.2, -0.15) is 13.1 Å². The highest BCUT2D eigenvalue weighted by atomic mass is 35.5. The van der Waals surface area contributed by atoms with Crippen molar-refractivity contribution in [2.24, 2.45) is 0 Å². The first-order valence-electron chi connectivity index (χ1n) is 5.35. The van der Waals surface area contributed by atoms with Crippen LogP contribution in [-0.2, 0) is 10.2 Å². The van der Waals surface area contributed by atoms with E-state index in [1.54, 1.807) is 20.8 Å². The van der Waals surface area contributed by atoms with Crippen molar-refractivity contribution >= 4 is 33.5 Å². The molecule has 0 saturated heterocycles. The molecule has 0 atom stereocenters. The summed E-state index contributed by atoms with van der Waals surface area (Å²) < 4.78 is 28.2. The summed E-state index contributed by atoms with van der Waals surface area (Å²) in [5.41, 5.74) is -1.06. The van der Waals surface area contributed by atoms with Crippen LogP contribution in [0.15, 0.2) is 18.2 Å². The molecule has 0 unspecified atom stereocenters. The Kier molecular flexibility index (Phi) is 4.44. The van der Waals surface area contributed by atoms with Crippen molar-refractivity contribution in [3.05, 3.63) is 28.8 Å². The second-order valence-corrected chi connectivity index (χ2v) is 6.75. The van der Waals surface area contributed by atoms with Gasteiger partial charge in [-0.25, -0.2) is 4.79 Å².